The number of hydrogen-bond acceptors (Lipinski definition) is 1. The molecule has 0 N–H and O–H groups in total. The predicted octanol–water partition coefficient (Wildman–Crippen LogP) is -1.55. The van der Waals surface area contributed by atoms with Crippen LogP contribution in [0.1, 0.15) is 0 Å². The quantitative estimate of drug-likeness (QED) is 0.331. The van der Waals surface area contributed by atoms with Crippen LogP contribution in [0.4, 0.5) is 0 Å². The van der Waals surface area contributed by atoms with Crippen LogP contribution in [0.3, 0.4) is 0 Å². The third kappa shape index (κ3) is 27.5. The van der Waals surface area contributed by atoms with E-state index < -0.39 is 0 Å². The summed E-state index contributed by atoms with van der Waals surface area (Å²) in [6, 6.07) is 0. The molecule has 3 heteroatoms. The summed E-state index contributed by atoms with van der Waals surface area (Å²) in [5.41, 5.74) is 0. The van der Waals surface area contributed by atoms with Crippen LogP contribution in [-0.4, -0.2) is 78.3 Å². The van der Waals surface area contributed by atoms with Crippen molar-refractivity contribution in [2.75, 3.05) is 14.1 Å². The van der Waals surface area contributed by atoms with Crippen molar-refractivity contribution in [2.24, 2.45) is 0 Å². The predicted molar refractivity (Wildman–Crippen MR) is 29.4 cm³/mol. The van der Waals surface area contributed by atoms with Crippen molar-refractivity contribution >= 4 is 59.4 Å². The van der Waals surface area contributed by atoms with Crippen molar-refractivity contribution in [3.05, 3.63) is 0 Å². The average molecular weight is 97.0 g/mol. The third-order valence-electron chi connectivity index (χ3n) is 0. The fraction of sp³-hybridized carbons (Fsp3) is 1.00. The molecule has 0 saturated carbocycles. The summed E-state index contributed by atoms with van der Waals surface area (Å²) in [4.78, 5) is 2.00. The van der Waals surface area contributed by atoms with Crippen LogP contribution in [-0.2, 0) is 0 Å². The van der Waals surface area contributed by atoms with E-state index in [1.54, 1.807) is 0 Å². The minimum atomic E-state index is 0. The van der Waals surface area contributed by atoms with E-state index in [1.807, 2.05) is 26.9 Å². The molecular formula is C2H9BKN. The zero-order valence-electron chi connectivity index (χ0n) is 3.45. The second-order valence-electron chi connectivity index (χ2n) is 1.34. The Morgan fingerprint density at radius 1 is 1.40 bits per heavy atom. The molecule has 0 radical (unpaired) electrons. The van der Waals surface area contributed by atoms with Crippen LogP contribution in [0.15, 0.2) is 0 Å². The summed E-state index contributed by atoms with van der Waals surface area (Å²) in [6.07, 6.45) is 0. The van der Waals surface area contributed by atoms with E-state index in [0.29, 0.717) is 0 Å². The van der Waals surface area contributed by atoms with Crippen LogP contribution in [0.2, 0.25) is 0 Å². The molecule has 0 spiro atoms. The van der Waals surface area contributed by atoms with Gasteiger partial charge in [-0.3, -0.25) is 0 Å². The summed E-state index contributed by atoms with van der Waals surface area (Å²) in [6.45, 7) is 0. The Morgan fingerprint density at radius 3 is 1.40 bits per heavy atom. The van der Waals surface area contributed by atoms with Gasteiger partial charge < -0.3 is 4.81 Å². The molecule has 1 nitrogen and oxygen atoms in total. The van der Waals surface area contributed by atoms with Gasteiger partial charge in [0.1, 0.15) is 0 Å². The van der Waals surface area contributed by atoms with Crippen LogP contribution >= 0.6 is 0 Å². The van der Waals surface area contributed by atoms with Crippen LogP contribution in [0.5, 0.6) is 0 Å². The van der Waals surface area contributed by atoms with Gasteiger partial charge in [-0.1, -0.05) is 0 Å². The first-order valence-corrected chi connectivity index (χ1v) is 1.34. The maximum absolute atomic E-state index is 2.00. The molecule has 0 aliphatic heterocycles. The maximum atomic E-state index is 2.00. The first-order chi connectivity index (χ1) is 1.73. The molecule has 0 aliphatic rings. The fourth-order valence-corrected chi connectivity index (χ4v) is 0. The van der Waals surface area contributed by atoms with Crippen LogP contribution in [0.25, 0.3) is 0 Å². The summed E-state index contributed by atoms with van der Waals surface area (Å²) < 4.78 is 0. The second kappa shape index (κ2) is 5.66. The van der Waals surface area contributed by atoms with Crippen LogP contribution < -0.4 is 0 Å². The molecule has 0 aromatic rings. The topological polar surface area (TPSA) is 3.24 Å². The number of hydrogen-bond donors (Lipinski definition) is 0. The van der Waals surface area contributed by atoms with Gasteiger partial charge in [0.05, 0.1) is 0 Å². The van der Waals surface area contributed by atoms with Crippen LogP contribution in [0, 0.1) is 0 Å². The standard InChI is InChI=1S/C2H8BN.K.H/c1-4(2)3;;/h3H2,1-2H3;;. The van der Waals surface area contributed by atoms with Crippen molar-refractivity contribution in [2.45, 2.75) is 0 Å². The van der Waals surface area contributed by atoms with Crippen molar-refractivity contribution in [3.63, 3.8) is 0 Å². The first kappa shape index (κ1) is 9.83. The van der Waals surface area contributed by atoms with Gasteiger partial charge in [-0.15, -0.1) is 0 Å². The molecule has 0 aliphatic carbocycles. The average Bonchev–Trinajstić information content (AvgIpc) is 0.811. The summed E-state index contributed by atoms with van der Waals surface area (Å²) in [7, 11) is 6.00. The molecule has 26 valence electrons. The van der Waals surface area contributed by atoms with Crippen molar-refractivity contribution in [3.8, 4) is 0 Å². The van der Waals surface area contributed by atoms with E-state index >= 15 is 0 Å². The molecule has 5 heavy (non-hydrogen) atoms. The molecule has 0 heterocycles. The number of nitrogens with zero attached hydrogens (tertiary/aromatic N) is 1. The molecular weight excluding hydrogens is 87.9 g/mol. The molecule has 0 amide bonds. The Balaban J connectivity index is 0. The monoisotopic (exact) mass is 97.0 g/mol. The van der Waals surface area contributed by atoms with E-state index in [1.165, 1.54) is 0 Å². The fourth-order valence-electron chi connectivity index (χ4n) is 0. The zero-order valence-corrected chi connectivity index (χ0v) is 3.45. The molecule has 0 aromatic heterocycles. The summed E-state index contributed by atoms with van der Waals surface area (Å²) in [5, 5.41) is 0. The normalized spacial score (nSPS) is 7.00. The molecule has 0 fully saturated rings. The van der Waals surface area contributed by atoms with Gasteiger partial charge >= 0.3 is 51.4 Å². The first-order valence-electron chi connectivity index (χ1n) is 1.34. The molecule has 0 rings (SSSR count). The van der Waals surface area contributed by atoms with Crippen molar-refractivity contribution in [1.29, 1.82) is 0 Å². The second-order valence-corrected chi connectivity index (χ2v) is 1.34. The van der Waals surface area contributed by atoms with E-state index in [0.717, 1.165) is 0 Å². The third-order valence-corrected chi connectivity index (χ3v) is 0. The Labute approximate surface area is 77.0 Å². The SMILES string of the molecule is BN(C)C.[KH]. The van der Waals surface area contributed by atoms with Gasteiger partial charge in [0.15, 0.2) is 7.98 Å². The van der Waals surface area contributed by atoms with E-state index in [9.17, 15) is 0 Å². The molecule has 0 unspecified atom stereocenters. The molecule has 0 aromatic carbocycles. The Kier molecular flexibility index (Phi) is 11.1. The van der Waals surface area contributed by atoms with Gasteiger partial charge in [0, 0.05) is 0 Å². The zero-order chi connectivity index (χ0) is 3.58. The molecule has 0 atom stereocenters. The Morgan fingerprint density at radius 2 is 1.40 bits per heavy atom. The Hall–Kier alpha value is 1.66. The molecule has 0 bridgehead atoms. The van der Waals surface area contributed by atoms with Gasteiger partial charge in [-0.05, 0) is 14.1 Å². The van der Waals surface area contributed by atoms with Gasteiger partial charge in [0.2, 0.25) is 0 Å². The van der Waals surface area contributed by atoms with Gasteiger partial charge in [-0.2, -0.15) is 0 Å². The number of rotatable bonds is 0. The molecule has 0 saturated heterocycles. The summed E-state index contributed by atoms with van der Waals surface area (Å²) in [5.74, 6) is 0. The Bertz CT molecular complexity index is 14.4. The minimum absolute atomic E-state index is 0. The van der Waals surface area contributed by atoms with E-state index in [-0.39, 0.29) is 51.4 Å². The summed E-state index contributed by atoms with van der Waals surface area (Å²) >= 11 is 0. The van der Waals surface area contributed by atoms with Crippen molar-refractivity contribution < 1.29 is 0 Å². The van der Waals surface area contributed by atoms with Gasteiger partial charge in [0.25, 0.3) is 0 Å². The van der Waals surface area contributed by atoms with Gasteiger partial charge in [-0.25, -0.2) is 0 Å². The van der Waals surface area contributed by atoms with Crippen molar-refractivity contribution in [1.82, 2.24) is 4.81 Å². The van der Waals surface area contributed by atoms with E-state index in [2.05, 4.69) is 0 Å². The van der Waals surface area contributed by atoms with E-state index in [4.69, 9.17) is 0 Å².